The molecule has 2 aromatic heterocycles. The third-order valence-corrected chi connectivity index (χ3v) is 14.2. The van der Waals surface area contributed by atoms with E-state index in [4.69, 9.17) is 14.7 Å². The maximum atomic E-state index is 14.0. The SMILES string of the molecule is COC(=O)NC(C(=O)N1C[Si](C)(C)CC1c1ncc(-c2ccc(-c3ccc4c(ccc5nc(CN(C(=O)C(NC(=O)CO)C(C)C)c6ccc(F)cc6)[nH]c54)c3)cc2)[nH]1)C(C)C. The summed E-state index contributed by atoms with van der Waals surface area (Å²) >= 11 is 0. The number of aliphatic hydroxyl groups is 1. The van der Waals surface area contributed by atoms with Crippen LogP contribution in [0.15, 0.2) is 85.1 Å². The van der Waals surface area contributed by atoms with E-state index in [1.807, 2.05) is 55.1 Å². The van der Waals surface area contributed by atoms with Gasteiger partial charge in [-0.05, 0) is 76.4 Å². The standard InChI is InChI=1S/C46H53FN8O6Si/c1-26(2)40(52-39(57)23-56)44(58)54(33-16-14-32(47)15-17-33)22-38-49-35-19-13-31-20-30(12-18-34(31)42(35)51-38)28-8-10-29(11-9-28)36-21-48-43(50-36)37-24-62(6,7)25-55(37)45(59)41(27(3)4)53-46(60)61-5/h8-21,26-27,37,40-41,56H,22-25H2,1-7H3,(H,48,50)(H,49,51)(H,52,57)(H,53,60). The number of H-pyrrole nitrogens is 2. The summed E-state index contributed by atoms with van der Waals surface area (Å²) in [6, 6.07) is 22.8. The molecule has 14 nitrogen and oxygen atoms in total. The zero-order chi connectivity index (χ0) is 44.5. The van der Waals surface area contributed by atoms with Crippen molar-refractivity contribution < 1.29 is 33.4 Å². The van der Waals surface area contributed by atoms with Crippen LogP contribution < -0.4 is 15.5 Å². The number of anilines is 1. The minimum Gasteiger partial charge on any atom is -0.453 e. The largest absolute Gasteiger partial charge is 0.453 e. The average Bonchev–Trinajstić information content (AvgIpc) is 4.00. The smallest absolute Gasteiger partial charge is 0.407 e. The first-order chi connectivity index (χ1) is 29.5. The number of benzene rings is 4. The predicted molar refractivity (Wildman–Crippen MR) is 239 cm³/mol. The second-order valence-electron chi connectivity index (χ2n) is 17.4. The Hall–Kier alpha value is -6.39. The van der Waals surface area contributed by atoms with Crippen LogP contribution in [0, 0.1) is 17.7 Å². The molecule has 3 atom stereocenters. The summed E-state index contributed by atoms with van der Waals surface area (Å²) in [5, 5.41) is 16.6. The molecule has 0 spiro atoms. The highest BCUT2D eigenvalue weighted by molar-refractivity contribution is 6.78. The van der Waals surface area contributed by atoms with Gasteiger partial charge in [0, 0.05) is 17.2 Å². The van der Waals surface area contributed by atoms with E-state index in [1.54, 1.807) is 20.0 Å². The van der Waals surface area contributed by atoms with Crippen molar-refractivity contribution >= 4 is 59.4 Å². The van der Waals surface area contributed by atoms with Crippen LogP contribution in [0.4, 0.5) is 14.9 Å². The summed E-state index contributed by atoms with van der Waals surface area (Å²) in [5.41, 5.74) is 5.74. The first-order valence-electron chi connectivity index (χ1n) is 20.7. The number of nitrogens with zero attached hydrogens (tertiary/aromatic N) is 4. The second kappa shape index (κ2) is 17.9. The molecule has 0 saturated carbocycles. The molecule has 1 fully saturated rings. The quantitative estimate of drug-likeness (QED) is 0.0762. The van der Waals surface area contributed by atoms with Crippen molar-refractivity contribution in [1.29, 1.82) is 0 Å². The average molecular weight is 861 g/mol. The minimum absolute atomic E-state index is 0.0188. The highest BCUT2D eigenvalue weighted by atomic mass is 28.3. The lowest BCUT2D eigenvalue weighted by atomic mass is 9.99. The van der Waals surface area contributed by atoms with Gasteiger partial charge >= 0.3 is 6.09 Å². The third-order valence-electron chi connectivity index (χ3n) is 11.5. The first kappa shape index (κ1) is 43.7. The summed E-state index contributed by atoms with van der Waals surface area (Å²) in [4.78, 5) is 71.9. The highest BCUT2D eigenvalue weighted by Crippen LogP contribution is 2.38. The molecule has 3 heterocycles. The number of fused-ring (bicyclic) bond motifs is 3. The maximum absolute atomic E-state index is 14.0. The monoisotopic (exact) mass is 860 g/mol. The summed E-state index contributed by atoms with van der Waals surface area (Å²) in [7, 11) is -0.486. The van der Waals surface area contributed by atoms with Gasteiger partial charge in [-0.15, -0.1) is 0 Å². The lowest BCUT2D eigenvalue weighted by molar-refractivity contribution is -0.135. The van der Waals surface area contributed by atoms with Crippen LogP contribution in [-0.2, 0) is 25.7 Å². The van der Waals surface area contributed by atoms with Gasteiger partial charge in [-0.1, -0.05) is 83.3 Å². The number of hydrogen-bond acceptors (Lipinski definition) is 8. The number of carbonyl (C=O) groups excluding carboxylic acids is 4. The van der Waals surface area contributed by atoms with Gasteiger partial charge in [0.25, 0.3) is 0 Å². The molecule has 5 N–H and O–H groups in total. The van der Waals surface area contributed by atoms with Crippen molar-refractivity contribution in [2.24, 2.45) is 11.8 Å². The van der Waals surface area contributed by atoms with Crippen molar-refractivity contribution in [3.63, 3.8) is 0 Å². The van der Waals surface area contributed by atoms with E-state index in [0.717, 1.165) is 50.5 Å². The van der Waals surface area contributed by atoms with E-state index in [-0.39, 0.29) is 30.3 Å². The number of alkyl carbamates (subject to hydrolysis) is 1. The number of nitrogens with one attached hydrogen (secondary N) is 4. The summed E-state index contributed by atoms with van der Waals surface area (Å²) in [5.74, 6) is -0.891. The van der Waals surface area contributed by atoms with Crippen LogP contribution in [-0.4, -0.2) is 93.8 Å². The van der Waals surface area contributed by atoms with E-state index in [2.05, 4.69) is 51.9 Å². The lowest BCUT2D eigenvalue weighted by Gasteiger charge is -2.30. The number of halogens is 1. The fourth-order valence-corrected chi connectivity index (χ4v) is 11.1. The molecule has 4 aromatic carbocycles. The van der Waals surface area contributed by atoms with E-state index in [9.17, 15) is 28.7 Å². The van der Waals surface area contributed by atoms with E-state index in [0.29, 0.717) is 23.2 Å². The Bertz CT molecular complexity index is 2610. The van der Waals surface area contributed by atoms with Gasteiger partial charge < -0.3 is 40.2 Å². The number of imidazole rings is 2. The van der Waals surface area contributed by atoms with Crippen LogP contribution in [0.2, 0.25) is 19.1 Å². The van der Waals surface area contributed by atoms with E-state index >= 15 is 0 Å². The Morgan fingerprint density at radius 2 is 1.58 bits per heavy atom. The summed E-state index contributed by atoms with van der Waals surface area (Å²) < 4.78 is 18.7. The zero-order valence-electron chi connectivity index (χ0n) is 36.0. The molecular weight excluding hydrogens is 808 g/mol. The summed E-state index contributed by atoms with van der Waals surface area (Å²) in [6.45, 7) is 11.2. The number of carbonyl (C=O) groups is 4. The molecule has 6 aromatic rings. The predicted octanol–water partition coefficient (Wildman–Crippen LogP) is 7.09. The number of methoxy groups -OCH3 is 1. The first-order valence-corrected chi connectivity index (χ1v) is 24.2. The van der Waals surface area contributed by atoms with Crippen LogP contribution in [0.1, 0.15) is 45.4 Å². The number of amides is 4. The Morgan fingerprint density at radius 3 is 2.24 bits per heavy atom. The van der Waals surface area contributed by atoms with Gasteiger partial charge in [0.05, 0.1) is 50.7 Å². The second-order valence-corrected chi connectivity index (χ2v) is 22.4. The van der Waals surface area contributed by atoms with Gasteiger partial charge in [-0.3, -0.25) is 14.4 Å². The number of hydrogen-bond donors (Lipinski definition) is 5. The highest BCUT2D eigenvalue weighted by Gasteiger charge is 2.45. The Labute approximate surface area is 360 Å². The Balaban J connectivity index is 1.11. The van der Waals surface area contributed by atoms with Crippen LogP contribution in [0.3, 0.4) is 0 Å². The lowest BCUT2D eigenvalue weighted by Crippen LogP contribution is -2.52. The molecule has 7 rings (SSSR count). The molecule has 0 bridgehead atoms. The Morgan fingerprint density at radius 1 is 0.903 bits per heavy atom. The van der Waals surface area contributed by atoms with Crippen molar-refractivity contribution in [1.82, 2.24) is 35.5 Å². The Kier molecular flexibility index (Phi) is 12.6. The van der Waals surface area contributed by atoms with Crippen LogP contribution >= 0.6 is 0 Å². The number of aromatic amines is 2. The van der Waals surface area contributed by atoms with Crippen LogP contribution in [0.5, 0.6) is 0 Å². The van der Waals surface area contributed by atoms with Gasteiger partial charge in [0.2, 0.25) is 17.7 Å². The fourth-order valence-electron chi connectivity index (χ4n) is 8.20. The maximum Gasteiger partial charge on any atom is 0.407 e. The normalized spacial score (nSPS) is 15.9. The van der Waals surface area contributed by atoms with Gasteiger partial charge in [0.15, 0.2) is 0 Å². The van der Waals surface area contributed by atoms with Crippen molar-refractivity contribution in [3.05, 3.63) is 103 Å². The molecule has 3 unspecified atom stereocenters. The molecular formula is C46H53FN8O6Si. The molecule has 0 aliphatic carbocycles. The van der Waals surface area contributed by atoms with Crippen molar-refractivity contribution in [3.8, 4) is 22.4 Å². The van der Waals surface area contributed by atoms with E-state index < -0.39 is 50.5 Å². The molecule has 1 aliphatic rings. The van der Waals surface area contributed by atoms with Crippen molar-refractivity contribution in [2.45, 2.75) is 71.5 Å². The molecule has 16 heteroatoms. The van der Waals surface area contributed by atoms with Gasteiger partial charge in [0.1, 0.15) is 36.2 Å². The van der Waals surface area contributed by atoms with Crippen molar-refractivity contribution in [2.75, 3.05) is 24.8 Å². The van der Waals surface area contributed by atoms with Crippen LogP contribution in [0.25, 0.3) is 44.2 Å². The summed E-state index contributed by atoms with van der Waals surface area (Å²) in [6.07, 6.45) is 1.83. The molecule has 4 amide bonds. The van der Waals surface area contributed by atoms with Gasteiger partial charge in [-0.2, -0.15) is 0 Å². The number of aromatic nitrogens is 4. The van der Waals surface area contributed by atoms with E-state index in [1.165, 1.54) is 36.3 Å². The molecule has 0 radical (unpaired) electrons. The minimum atomic E-state index is -1.78. The number of rotatable bonds is 13. The topological polar surface area (TPSA) is 186 Å². The molecule has 1 saturated heterocycles. The molecule has 1 aliphatic heterocycles. The number of aliphatic hydroxyl groups excluding tert-OH is 1. The molecule has 324 valence electrons. The number of ether oxygens (including phenoxy) is 1. The zero-order valence-corrected chi connectivity index (χ0v) is 37.0. The molecule has 62 heavy (non-hydrogen) atoms. The fraction of sp³-hybridized carbons (Fsp3) is 0.348. The van der Waals surface area contributed by atoms with Gasteiger partial charge in [-0.25, -0.2) is 19.2 Å². The third kappa shape index (κ3) is 9.26.